The molecule has 1 rings (SSSR count). The van der Waals surface area contributed by atoms with Gasteiger partial charge in [0.05, 0.1) is 0 Å². The van der Waals surface area contributed by atoms with E-state index >= 15 is 0 Å². The Hall–Kier alpha value is -2.37. The molecule has 0 spiro atoms. The van der Waals surface area contributed by atoms with Crippen LogP contribution in [-0.2, 0) is 4.79 Å². The summed E-state index contributed by atoms with van der Waals surface area (Å²) in [5.41, 5.74) is 0.738. The lowest BCUT2D eigenvalue weighted by atomic mass is 9.99. The predicted octanol–water partition coefficient (Wildman–Crippen LogP) is 3.57. The molecule has 0 bridgehead atoms. The minimum atomic E-state index is -1.05. The number of hydrogen-bond acceptors (Lipinski definition) is 3. The Morgan fingerprint density at radius 3 is 2.19 bits per heavy atom. The molecule has 0 aromatic heterocycles. The molecule has 1 unspecified atom stereocenters. The topological polar surface area (TPSA) is 86.7 Å². The molecule has 150 valence electrons. The second kappa shape index (κ2) is 11.4. The van der Waals surface area contributed by atoms with E-state index in [1.54, 1.807) is 23.1 Å². The van der Waals surface area contributed by atoms with E-state index in [1.165, 1.54) is 6.07 Å². The Balaban J connectivity index is 2.94. The minimum Gasteiger partial charge on any atom is -0.480 e. The molecule has 0 aliphatic carbocycles. The van der Waals surface area contributed by atoms with Gasteiger partial charge in [-0.15, -0.1) is 0 Å². The number of carboxylic acids is 1. The van der Waals surface area contributed by atoms with Crippen molar-refractivity contribution in [3.63, 3.8) is 0 Å². The summed E-state index contributed by atoms with van der Waals surface area (Å²) in [4.78, 5) is 38.5. The van der Waals surface area contributed by atoms with Crippen LogP contribution in [-0.4, -0.2) is 46.9 Å². The van der Waals surface area contributed by atoms with E-state index in [-0.39, 0.29) is 11.8 Å². The molecule has 2 amide bonds. The summed E-state index contributed by atoms with van der Waals surface area (Å²) in [5, 5.41) is 12.0. The maximum absolute atomic E-state index is 12.7. The van der Waals surface area contributed by atoms with E-state index < -0.39 is 17.9 Å². The van der Waals surface area contributed by atoms with Gasteiger partial charge in [0.1, 0.15) is 6.04 Å². The van der Waals surface area contributed by atoms with Crippen molar-refractivity contribution in [1.82, 2.24) is 10.2 Å². The average Bonchev–Trinajstić information content (AvgIpc) is 2.66. The predicted molar refractivity (Wildman–Crippen MR) is 106 cm³/mol. The molecular weight excluding hydrogens is 344 g/mol. The second-order valence-electron chi connectivity index (χ2n) is 6.99. The molecule has 0 saturated carbocycles. The van der Waals surface area contributed by atoms with Gasteiger partial charge >= 0.3 is 5.97 Å². The average molecular weight is 376 g/mol. The van der Waals surface area contributed by atoms with Crippen molar-refractivity contribution in [2.24, 2.45) is 5.92 Å². The standard InChI is InChI=1S/C21H32N2O4/c1-5-11-23(12-6-2)20(25)17-10-8-9-16(14-17)19(24)22-18(21(26)27)13-15(4)7-3/h8-10,14-15,18H,5-7,11-13H2,1-4H3,(H,22,24)(H,26,27)/t15?,18-/m0/s1. The van der Waals surface area contributed by atoms with Gasteiger partial charge in [-0.3, -0.25) is 9.59 Å². The smallest absolute Gasteiger partial charge is 0.326 e. The van der Waals surface area contributed by atoms with E-state index in [0.717, 1.165) is 19.3 Å². The number of nitrogens with one attached hydrogen (secondary N) is 1. The molecule has 6 nitrogen and oxygen atoms in total. The van der Waals surface area contributed by atoms with Crippen LogP contribution in [0.2, 0.25) is 0 Å². The van der Waals surface area contributed by atoms with Crippen LogP contribution in [0.15, 0.2) is 24.3 Å². The van der Waals surface area contributed by atoms with Crippen molar-refractivity contribution >= 4 is 17.8 Å². The summed E-state index contributed by atoms with van der Waals surface area (Å²) in [6, 6.07) is 5.54. The Morgan fingerprint density at radius 1 is 1.07 bits per heavy atom. The van der Waals surface area contributed by atoms with Crippen LogP contribution < -0.4 is 5.32 Å². The molecule has 2 N–H and O–H groups in total. The van der Waals surface area contributed by atoms with Crippen LogP contribution in [0.3, 0.4) is 0 Å². The summed E-state index contributed by atoms with van der Waals surface area (Å²) in [5.74, 6) is -1.44. The van der Waals surface area contributed by atoms with Gasteiger partial charge in [-0.2, -0.15) is 0 Å². The van der Waals surface area contributed by atoms with Gasteiger partial charge in [0, 0.05) is 24.2 Å². The first-order valence-corrected chi connectivity index (χ1v) is 9.76. The van der Waals surface area contributed by atoms with Crippen LogP contribution in [0.5, 0.6) is 0 Å². The van der Waals surface area contributed by atoms with Gasteiger partial charge in [-0.25, -0.2) is 4.79 Å². The van der Waals surface area contributed by atoms with E-state index in [2.05, 4.69) is 5.32 Å². The number of rotatable bonds is 11. The molecule has 0 aliphatic heterocycles. The highest BCUT2D eigenvalue weighted by Crippen LogP contribution is 2.13. The van der Waals surface area contributed by atoms with Gasteiger partial charge in [-0.05, 0) is 43.4 Å². The molecule has 1 aromatic carbocycles. The van der Waals surface area contributed by atoms with Crippen molar-refractivity contribution < 1.29 is 19.5 Å². The fourth-order valence-corrected chi connectivity index (χ4v) is 2.86. The van der Waals surface area contributed by atoms with E-state index in [9.17, 15) is 19.5 Å². The lowest BCUT2D eigenvalue weighted by Gasteiger charge is -2.22. The van der Waals surface area contributed by atoms with Crippen molar-refractivity contribution in [3.05, 3.63) is 35.4 Å². The van der Waals surface area contributed by atoms with Gasteiger partial charge in [0.2, 0.25) is 0 Å². The summed E-state index contributed by atoms with van der Waals surface area (Å²) < 4.78 is 0. The maximum atomic E-state index is 12.7. The highest BCUT2D eigenvalue weighted by molar-refractivity contribution is 6.00. The van der Waals surface area contributed by atoms with Crippen LogP contribution in [0.1, 0.15) is 74.1 Å². The number of carbonyl (C=O) groups is 3. The fourth-order valence-electron chi connectivity index (χ4n) is 2.86. The second-order valence-corrected chi connectivity index (χ2v) is 6.99. The third-order valence-corrected chi connectivity index (χ3v) is 4.58. The van der Waals surface area contributed by atoms with Crippen LogP contribution in [0, 0.1) is 5.92 Å². The SMILES string of the molecule is CCCN(CCC)C(=O)c1cccc(C(=O)N[C@@H](CC(C)CC)C(=O)O)c1. The molecule has 1 aromatic rings. The molecule has 0 heterocycles. The Morgan fingerprint density at radius 2 is 1.67 bits per heavy atom. The van der Waals surface area contributed by atoms with E-state index in [4.69, 9.17) is 0 Å². The summed E-state index contributed by atoms with van der Waals surface area (Å²) in [6.07, 6.45) is 2.94. The lowest BCUT2D eigenvalue weighted by Crippen LogP contribution is -2.42. The Labute approximate surface area is 161 Å². The zero-order valence-electron chi connectivity index (χ0n) is 16.8. The summed E-state index contributed by atoms with van der Waals surface area (Å²) in [6.45, 7) is 9.31. The van der Waals surface area contributed by atoms with E-state index in [1.807, 2.05) is 27.7 Å². The quantitative estimate of drug-likeness (QED) is 0.618. The number of aliphatic carboxylic acids is 1. The number of carbonyl (C=O) groups excluding carboxylic acids is 2. The molecule has 0 saturated heterocycles. The zero-order valence-corrected chi connectivity index (χ0v) is 16.8. The normalized spacial score (nSPS) is 12.9. The Kier molecular flexibility index (Phi) is 9.54. The van der Waals surface area contributed by atoms with Crippen LogP contribution in [0.4, 0.5) is 0 Å². The Bertz CT molecular complexity index is 639. The number of hydrogen-bond donors (Lipinski definition) is 2. The first-order valence-electron chi connectivity index (χ1n) is 9.76. The molecular formula is C21H32N2O4. The van der Waals surface area contributed by atoms with Crippen LogP contribution >= 0.6 is 0 Å². The van der Waals surface area contributed by atoms with Crippen molar-refractivity contribution in [2.75, 3.05) is 13.1 Å². The third-order valence-electron chi connectivity index (χ3n) is 4.58. The highest BCUT2D eigenvalue weighted by atomic mass is 16.4. The van der Waals surface area contributed by atoms with Crippen molar-refractivity contribution in [1.29, 1.82) is 0 Å². The number of benzene rings is 1. The monoisotopic (exact) mass is 376 g/mol. The van der Waals surface area contributed by atoms with Crippen LogP contribution in [0.25, 0.3) is 0 Å². The molecule has 0 radical (unpaired) electrons. The van der Waals surface area contributed by atoms with Crippen molar-refractivity contribution in [3.8, 4) is 0 Å². The third kappa shape index (κ3) is 7.04. The lowest BCUT2D eigenvalue weighted by molar-refractivity contribution is -0.139. The summed E-state index contributed by atoms with van der Waals surface area (Å²) >= 11 is 0. The minimum absolute atomic E-state index is 0.109. The fraction of sp³-hybridized carbons (Fsp3) is 0.571. The maximum Gasteiger partial charge on any atom is 0.326 e. The van der Waals surface area contributed by atoms with E-state index in [0.29, 0.717) is 30.6 Å². The number of nitrogens with zero attached hydrogens (tertiary/aromatic N) is 1. The summed E-state index contributed by atoms with van der Waals surface area (Å²) in [7, 11) is 0. The number of amides is 2. The van der Waals surface area contributed by atoms with Gasteiger partial charge < -0.3 is 15.3 Å². The first-order chi connectivity index (χ1) is 12.8. The number of carboxylic acid groups (broad SMARTS) is 1. The zero-order chi connectivity index (χ0) is 20.4. The molecule has 2 atom stereocenters. The van der Waals surface area contributed by atoms with Gasteiger partial charge in [-0.1, -0.05) is 40.2 Å². The van der Waals surface area contributed by atoms with Crippen molar-refractivity contribution in [2.45, 2.75) is 59.4 Å². The largest absolute Gasteiger partial charge is 0.480 e. The van der Waals surface area contributed by atoms with Gasteiger partial charge in [0.25, 0.3) is 11.8 Å². The molecule has 0 fully saturated rings. The molecule has 6 heteroatoms. The van der Waals surface area contributed by atoms with Gasteiger partial charge in [0.15, 0.2) is 0 Å². The highest BCUT2D eigenvalue weighted by Gasteiger charge is 2.23. The molecule has 0 aliphatic rings. The first kappa shape index (κ1) is 22.7. The molecule has 27 heavy (non-hydrogen) atoms.